The van der Waals surface area contributed by atoms with E-state index in [1.807, 2.05) is 6.92 Å². The number of carbonyl (C=O) groups is 1. The third kappa shape index (κ3) is 3.39. The molecule has 0 saturated carbocycles. The average molecular weight is 258 g/mol. The van der Waals surface area contributed by atoms with E-state index >= 15 is 0 Å². The van der Waals surface area contributed by atoms with E-state index < -0.39 is 5.41 Å². The fourth-order valence-corrected chi connectivity index (χ4v) is 1.98. The van der Waals surface area contributed by atoms with Crippen LogP contribution < -0.4 is 5.73 Å². The molecule has 1 atom stereocenters. The van der Waals surface area contributed by atoms with Crippen LogP contribution in [0, 0.1) is 5.41 Å². The van der Waals surface area contributed by atoms with Crippen LogP contribution in [0.25, 0.3) is 0 Å². The van der Waals surface area contributed by atoms with Gasteiger partial charge in [-0.2, -0.15) is 0 Å². The molecule has 1 amide bonds. The van der Waals surface area contributed by atoms with E-state index in [-0.39, 0.29) is 17.0 Å². The summed E-state index contributed by atoms with van der Waals surface area (Å²) in [5.74, 6) is -0.0111. The van der Waals surface area contributed by atoms with Crippen molar-refractivity contribution in [3.8, 4) is 0 Å². The highest BCUT2D eigenvalue weighted by Gasteiger charge is 2.35. The summed E-state index contributed by atoms with van der Waals surface area (Å²) >= 11 is 4.96. The highest BCUT2D eigenvalue weighted by atomic mass is 32.1. The lowest BCUT2D eigenvalue weighted by molar-refractivity contribution is -0.138. The number of hydrogen-bond acceptors (Lipinski definition) is 3. The first-order chi connectivity index (χ1) is 7.89. The summed E-state index contributed by atoms with van der Waals surface area (Å²) in [6.45, 7) is 7.61. The van der Waals surface area contributed by atoms with Crippen molar-refractivity contribution in [2.75, 3.05) is 19.7 Å². The Morgan fingerprint density at radius 3 is 2.65 bits per heavy atom. The summed E-state index contributed by atoms with van der Waals surface area (Å²) in [6, 6.07) is 0. The van der Waals surface area contributed by atoms with Crippen molar-refractivity contribution >= 4 is 23.1 Å². The first kappa shape index (κ1) is 14.4. The van der Waals surface area contributed by atoms with Gasteiger partial charge in [0.2, 0.25) is 5.91 Å². The van der Waals surface area contributed by atoms with E-state index in [1.165, 1.54) is 0 Å². The van der Waals surface area contributed by atoms with Crippen molar-refractivity contribution in [1.29, 1.82) is 0 Å². The highest BCUT2D eigenvalue weighted by Crippen LogP contribution is 2.21. The molecule has 0 bridgehead atoms. The molecule has 1 unspecified atom stereocenters. The van der Waals surface area contributed by atoms with Gasteiger partial charge in [-0.25, -0.2) is 0 Å². The van der Waals surface area contributed by atoms with Crippen molar-refractivity contribution < 1.29 is 9.53 Å². The SMILES string of the molecule is CCN(CC1CCCO1)C(=O)C(C)(C)C(N)=S. The Bertz CT molecular complexity index is 299. The number of nitrogens with two attached hydrogens (primary N) is 1. The number of carbonyl (C=O) groups excluding carboxylic acids is 1. The van der Waals surface area contributed by atoms with E-state index in [4.69, 9.17) is 22.7 Å². The van der Waals surface area contributed by atoms with Crippen LogP contribution >= 0.6 is 12.2 Å². The number of rotatable bonds is 5. The van der Waals surface area contributed by atoms with Gasteiger partial charge in [-0.1, -0.05) is 12.2 Å². The molecule has 0 aromatic carbocycles. The van der Waals surface area contributed by atoms with E-state index in [1.54, 1.807) is 18.7 Å². The standard InChI is InChI=1S/C12H22N2O2S/c1-4-14(8-9-6-5-7-16-9)11(15)12(2,3)10(13)17/h9H,4-8H2,1-3H3,(H2,13,17). The summed E-state index contributed by atoms with van der Waals surface area (Å²) in [7, 11) is 0. The fraction of sp³-hybridized carbons (Fsp3) is 0.833. The topological polar surface area (TPSA) is 55.6 Å². The van der Waals surface area contributed by atoms with Gasteiger partial charge in [-0.15, -0.1) is 0 Å². The van der Waals surface area contributed by atoms with Gasteiger partial charge in [0.05, 0.1) is 16.5 Å². The third-order valence-electron chi connectivity index (χ3n) is 3.27. The third-order valence-corrected chi connectivity index (χ3v) is 3.78. The molecule has 5 heteroatoms. The van der Waals surface area contributed by atoms with Crippen LogP contribution in [0.1, 0.15) is 33.6 Å². The zero-order valence-electron chi connectivity index (χ0n) is 10.9. The van der Waals surface area contributed by atoms with E-state index in [2.05, 4.69) is 0 Å². The van der Waals surface area contributed by atoms with E-state index in [9.17, 15) is 4.79 Å². The van der Waals surface area contributed by atoms with Crippen molar-refractivity contribution in [2.45, 2.75) is 39.7 Å². The van der Waals surface area contributed by atoms with Gasteiger partial charge in [-0.05, 0) is 33.6 Å². The first-order valence-corrected chi connectivity index (χ1v) is 6.51. The highest BCUT2D eigenvalue weighted by molar-refractivity contribution is 7.80. The Balaban J connectivity index is 2.66. The summed E-state index contributed by atoms with van der Waals surface area (Å²) < 4.78 is 5.55. The minimum Gasteiger partial charge on any atom is -0.392 e. The molecule has 98 valence electrons. The van der Waals surface area contributed by atoms with Crippen LogP contribution in [-0.2, 0) is 9.53 Å². The summed E-state index contributed by atoms with van der Waals surface area (Å²) in [5.41, 5.74) is 4.85. The molecular weight excluding hydrogens is 236 g/mol. The number of amides is 1. The van der Waals surface area contributed by atoms with Gasteiger partial charge >= 0.3 is 0 Å². The van der Waals surface area contributed by atoms with Crippen molar-refractivity contribution in [3.63, 3.8) is 0 Å². The maximum atomic E-state index is 12.3. The lowest BCUT2D eigenvalue weighted by Crippen LogP contribution is -2.49. The Hall–Kier alpha value is -0.680. The van der Waals surface area contributed by atoms with Gasteiger partial charge in [0.25, 0.3) is 0 Å². The van der Waals surface area contributed by atoms with Crippen LogP contribution in [0.15, 0.2) is 0 Å². The van der Waals surface area contributed by atoms with E-state index in [0.717, 1.165) is 19.4 Å². The second-order valence-corrected chi connectivity index (χ2v) is 5.41. The maximum Gasteiger partial charge on any atom is 0.235 e. The Morgan fingerprint density at radius 2 is 2.24 bits per heavy atom. The predicted molar refractivity (Wildman–Crippen MR) is 71.8 cm³/mol. The predicted octanol–water partition coefficient (Wildman–Crippen LogP) is 1.33. The summed E-state index contributed by atoms with van der Waals surface area (Å²) in [5, 5.41) is 0. The zero-order valence-corrected chi connectivity index (χ0v) is 11.7. The molecule has 17 heavy (non-hydrogen) atoms. The Kier molecular flexibility index (Phi) is 4.89. The quantitative estimate of drug-likeness (QED) is 0.756. The molecule has 4 nitrogen and oxygen atoms in total. The van der Waals surface area contributed by atoms with Crippen LogP contribution in [0.2, 0.25) is 0 Å². The molecule has 1 rings (SSSR count). The Labute approximate surface area is 108 Å². The van der Waals surface area contributed by atoms with Crippen LogP contribution in [-0.4, -0.2) is 41.6 Å². The smallest absolute Gasteiger partial charge is 0.235 e. The first-order valence-electron chi connectivity index (χ1n) is 6.10. The minimum atomic E-state index is -0.774. The molecule has 1 saturated heterocycles. The second kappa shape index (κ2) is 5.78. The normalized spacial score (nSPS) is 20.3. The van der Waals surface area contributed by atoms with Crippen molar-refractivity contribution in [3.05, 3.63) is 0 Å². The van der Waals surface area contributed by atoms with Crippen molar-refractivity contribution in [2.24, 2.45) is 11.1 Å². The molecule has 1 fully saturated rings. The number of hydrogen-bond donors (Lipinski definition) is 1. The van der Waals surface area contributed by atoms with Crippen LogP contribution in [0.4, 0.5) is 0 Å². The molecule has 0 aromatic rings. The van der Waals surface area contributed by atoms with Gasteiger partial charge in [0.15, 0.2) is 0 Å². The van der Waals surface area contributed by atoms with Crippen LogP contribution in [0.5, 0.6) is 0 Å². The summed E-state index contributed by atoms with van der Waals surface area (Å²) in [4.78, 5) is 14.4. The summed E-state index contributed by atoms with van der Waals surface area (Å²) in [6.07, 6.45) is 2.27. The molecule has 0 aliphatic carbocycles. The van der Waals surface area contributed by atoms with E-state index in [0.29, 0.717) is 13.1 Å². The number of thiocarbonyl (C=S) groups is 1. The Morgan fingerprint density at radius 1 is 1.59 bits per heavy atom. The molecule has 2 N–H and O–H groups in total. The van der Waals surface area contributed by atoms with Gasteiger partial charge in [0.1, 0.15) is 0 Å². The van der Waals surface area contributed by atoms with Crippen molar-refractivity contribution in [1.82, 2.24) is 4.90 Å². The van der Waals surface area contributed by atoms with Crippen LogP contribution in [0.3, 0.4) is 0 Å². The monoisotopic (exact) mass is 258 g/mol. The molecule has 1 heterocycles. The zero-order chi connectivity index (χ0) is 13.1. The van der Waals surface area contributed by atoms with Gasteiger partial charge in [-0.3, -0.25) is 4.79 Å². The second-order valence-electron chi connectivity index (χ2n) is 4.97. The van der Waals surface area contributed by atoms with Gasteiger partial charge in [0, 0.05) is 19.7 Å². The molecule has 0 spiro atoms. The number of likely N-dealkylation sites (N-methyl/N-ethyl adjacent to an activating group) is 1. The average Bonchev–Trinajstić information content (AvgIpc) is 2.77. The largest absolute Gasteiger partial charge is 0.392 e. The fourth-order valence-electron chi connectivity index (χ4n) is 1.89. The maximum absolute atomic E-state index is 12.3. The molecule has 1 aliphatic heterocycles. The lowest BCUT2D eigenvalue weighted by atomic mass is 9.91. The van der Waals surface area contributed by atoms with Gasteiger partial charge < -0.3 is 15.4 Å². The molecular formula is C12H22N2O2S. The number of nitrogens with zero attached hydrogens (tertiary/aromatic N) is 1. The molecule has 0 aromatic heterocycles. The lowest BCUT2D eigenvalue weighted by Gasteiger charge is -2.31. The number of ether oxygens (including phenoxy) is 1. The molecule has 0 radical (unpaired) electrons. The minimum absolute atomic E-state index is 0.0111. The molecule has 1 aliphatic rings.